The molecule has 0 aromatic heterocycles. The molecule has 0 saturated heterocycles. The van der Waals surface area contributed by atoms with Gasteiger partial charge in [0.25, 0.3) is 0 Å². The lowest BCUT2D eigenvalue weighted by atomic mass is 10.1. The van der Waals surface area contributed by atoms with E-state index >= 15 is 0 Å². The highest BCUT2D eigenvalue weighted by Crippen LogP contribution is 2.47. The normalized spacial score (nSPS) is 19.2. The van der Waals surface area contributed by atoms with Gasteiger partial charge in [0.05, 0.1) is 5.76 Å². The van der Waals surface area contributed by atoms with E-state index in [-0.39, 0.29) is 10.6 Å². The Morgan fingerprint density at radius 1 is 1.05 bits per heavy atom. The maximum atomic E-state index is 6.84. The smallest absolute Gasteiger partial charge is 0.250 e. The van der Waals surface area contributed by atoms with Crippen LogP contribution in [-0.2, 0) is 4.43 Å². The van der Waals surface area contributed by atoms with E-state index in [4.69, 9.17) is 15.5 Å². The van der Waals surface area contributed by atoms with Crippen LogP contribution in [0.2, 0.25) is 31.2 Å². The maximum Gasteiger partial charge on any atom is 0.250 e. The van der Waals surface area contributed by atoms with Crippen molar-refractivity contribution in [2.24, 2.45) is 0 Å². The summed E-state index contributed by atoms with van der Waals surface area (Å²) in [7, 11) is -3.73. The number of rotatable bonds is 3. The second-order valence-electron chi connectivity index (χ2n) is 8.04. The molecular formula is C17H27ClOSi2. The first kappa shape index (κ1) is 16.8. The fourth-order valence-corrected chi connectivity index (χ4v) is 6.23. The highest BCUT2D eigenvalue weighted by Gasteiger charge is 2.45. The molecule has 116 valence electrons. The molecule has 0 N–H and O–H groups in total. The average molecular weight is 339 g/mol. The Balaban J connectivity index is 2.41. The van der Waals surface area contributed by atoms with Crippen molar-refractivity contribution in [1.29, 1.82) is 0 Å². The number of fused-ring (bicyclic) bond motifs is 1. The minimum atomic E-state index is -1.90. The van der Waals surface area contributed by atoms with E-state index < -0.39 is 15.7 Å². The Hall–Kier alpha value is -0.516. The van der Waals surface area contributed by atoms with Gasteiger partial charge in [0, 0.05) is 5.54 Å². The first-order valence-electron chi connectivity index (χ1n) is 7.62. The van der Waals surface area contributed by atoms with Gasteiger partial charge in [-0.1, -0.05) is 58.1 Å². The third kappa shape index (κ3) is 3.30. The summed E-state index contributed by atoms with van der Waals surface area (Å²) in [6.07, 6.45) is 2.22. The third-order valence-electron chi connectivity index (χ3n) is 4.75. The minimum absolute atomic E-state index is 0.200. The molecule has 1 aliphatic rings. The van der Waals surface area contributed by atoms with Gasteiger partial charge in [0.1, 0.15) is 0 Å². The number of hydrogen-bond acceptors (Lipinski definition) is 1. The fourth-order valence-electron chi connectivity index (χ4n) is 2.54. The van der Waals surface area contributed by atoms with E-state index in [2.05, 4.69) is 77.3 Å². The molecule has 0 aliphatic heterocycles. The first-order valence-corrected chi connectivity index (χ1v) is 14.6. The molecule has 0 heterocycles. The van der Waals surface area contributed by atoms with E-state index in [0.717, 1.165) is 5.76 Å². The number of halogens is 1. The lowest BCUT2D eigenvalue weighted by Gasteiger charge is -2.39. The number of allylic oxidation sites excluding steroid dienone is 1. The highest BCUT2D eigenvalue weighted by molar-refractivity contribution is 7.20. The predicted molar refractivity (Wildman–Crippen MR) is 98.8 cm³/mol. The molecule has 21 heavy (non-hydrogen) atoms. The van der Waals surface area contributed by atoms with Crippen molar-refractivity contribution in [3.8, 4) is 0 Å². The number of benzene rings is 1. The fraction of sp³-hybridized carbons (Fsp3) is 0.529. The maximum absolute atomic E-state index is 6.84. The van der Waals surface area contributed by atoms with Crippen LogP contribution in [0, 0.1) is 0 Å². The van der Waals surface area contributed by atoms with Crippen LogP contribution >= 0.6 is 11.1 Å². The van der Waals surface area contributed by atoms with Gasteiger partial charge in [-0.15, -0.1) is 0 Å². The molecule has 1 aliphatic carbocycles. The van der Waals surface area contributed by atoms with Crippen molar-refractivity contribution < 1.29 is 4.43 Å². The summed E-state index contributed by atoms with van der Waals surface area (Å²) in [6.45, 7) is 15.9. The number of hydrogen-bond donors (Lipinski definition) is 0. The molecule has 0 fully saturated rings. The van der Waals surface area contributed by atoms with Crippen molar-refractivity contribution in [3.05, 3.63) is 41.2 Å². The molecule has 1 aromatic carbocycles. The van der Waals surface area contributed by atoms with Crippen molar-refractivity contribution in [1.82, 2.24) is 0 Å². The summed E-state index contributed by atoms with van der Waals surface area (Å²) in [4.78, 5) is 0. The van der Waals surface area contributed by atoms with E-state index in [9.17, 15) is 0 Å². The van der Waals surface area contributed by atoms with Gasteiger partial charge in [-0.25, -0.2) is 0 Å². The van der Waals surface area contributed by atoms with Crippen LogP contribution in [0.3, 0.4) is 0 Å². The summed E-state index contributed by atoms with van der Waals surface area (Å²) in [5, 5.41) is 0.200. The summed E-state index contributed by atoms with van der Waals surface area (Å²) in [6, 6.07) is 8.56. The van der Waals surface area contributed by atoms with Gasteiger partial charge in [-0.2, -0.15) is 11.1 Å². The van der Waals surface area contributed by atoms with E-state index in [1.165, 1.54) is 11.1 Å². The second kappa shape index (κ2) is 5.29. The Bertz CT molecular complexity index is 565. The standard InChI is InChI=1S/C17H27ClOSi2/c1-17(2,3)21(6,7)19-15-12-13-10-8-9-11-14(13)16(15)20(4,5)18/h8-12,16H,1-7H3. The molecule has 0 spiro atoms. The molecule has 0 bridgehead atoms. The molecule has 1 unspecified atom stereocenters. The van der Waals surface area contributed by atoms with E-state index in [0.29, 0.717) is 0 Å². The van der Waals surface area contributed by atoms with E-state index in [1.807, 2.05) is 0 Å². The summed E-state index contributed by atoms with van der Waals surface area (Å²) < 4.78 is 6.64. The molecule has 1 nitrogen and oxygen atoms in total. The van der Waals surface area contributed by atoms with Crippen LogP contribution in [0.15, 0.2) is 30.0 Å². The van der Waals surface area contributed by atoms with Gasteiger partial charge in [0.2, 0.25) is 8.32 Å². The Kier molecular flexibility index (Phi) is 4.24. The summed E-state index contributed by atoms with van der Waals surface area (Å²) in [5.41, 5.74) is 2.89. The highest BCUT2D eigenvalue weighted by atomic mass is 35.6. The minimum Gasteiger partial charge on any atom is -0.546 e. The lowest BCUT2D eigenvalue weighted by Crippen LogP contribution is -2.42. The van der Waals surface area contributed by atoms with Gasteiger partial charge in [-0.05, 0) is 35.3 Å². The Morgan fingerprint density at radius 2 is 1.62 bits per heavy atom. The third-order valence-corrected chi connectivity index (χ3v) is 11.7. The van der Waals surface area contributed by atoms with Gasteiger partial charge in [0.15, 0.2) is 7.38 Å². The summed E-state index contributed by atoms with van der Waals surface area (Å²) >= 11 is 6.84. The zero-order valence-corrected chi connectivity index (χ0v) is 17.0. The zero-order valence-electron chi connectivity index (χ0n) is 14.3. The Morgan fingerprint density at radius 3 is 2.14 bits per heavy atom. The van der Waals surface area contributed by atoms with Crippen molar-refractivity contribution in [3.63, 3.8) is 0 Å². The molecule has 0 saturated carbocycles. The van der Waals surface area contributed by atoms with Gasteiger partial charge < -0.3 is 4.43 Å². The molecule has 0 radical (unpaired) electrons. The quantitative estimate of drug-likeness (QED) is 0.475. The van der Waals surface area contributed by atoms with Crippen LogP contribution in [0.25, 0.3) is 6.08 Å². The van der Waals surface area contributed by atoms with E-state index in [1.54, 1.807) is 0 Å². The van der Waals surface area contributed by atoms with Crippen LogP contribution in [-0.4, -0.2) is 15.7 Å². The second-order valence-corrected chi connectivity index (χ2v) is 19.4. The molecular weight excluding hydrogens is 312 g/mol. The van der Waals surface area contributed by atoms with Crippen molar-refractivity contribution in [2.75, 3.05) is 0 Å². The van der Waals surface area contributed by atoms with Crippen LogP contribution in [0.4, 0.5) is 0 Å². The molecule has 4 heteroatoms. The lowest BCUT2D eigenvalue weighted by molar-refractivity contribution is 0.376. The monoisotopic (exact) mass is 338 g/mol. The molecule has 1 atom stereocenters. The average Bonchev–Trinajstić information content (AvgIpc) is 2.63. The van der Waals surface area contributed by atoms with Crippen molar-refractivity contribution in [2.45, 2.75) is 57.5 Å². The molecule has 1 aromatic rings. The summed E-state index contributed by atoms with van der Waals surface area (Å²) in [5.74, 6) is 1.11. The predicted octanol–water partition coefficient (Wildman–Crippen LogP) is 6.13. The molecule has 2 rings (SSSR count). The van der Waals surface area contributed by atoms with Gasteiger partial charge in [-0.3, -0.25) is 0 Å². The largest absolute Gasteiger partial charge is 0.546 e. The SMILES string of the molecule is CC(C)(C)[Si](C)(C)OC1=Cc2ccccc2C1[Si](C)(C)Cl. The topological polar surface area (TPSA) is 9.23 Å². The van der Waals surface area contributed by atoms with Crippen LogP contribution in [0.1, 0.15) is 37.4 Å². The van der Waals surface area contributed by atoms with Crippen LogP contribution < -0.4 is 0 Å². The zero-order chi connectivity index (χ0) is 16.1. The Labute approximate surface area is 136 Å². The van der Waals surface area contributed by atoms with Crippen LogP contribution in [0.5, 0.6) is 0 Å². The first-order chi connectivity index (χ1) is 9.43. The molecule has 0 amide bonds. The van der Waals surface area contributed by atoms with Gasteiger partial charge >= 0.3 is 0 Å². The van der Waals surface area contributed by atoms with Crippen molar-refractivity contribution >= 4 is 32.9 Å².